The van der Waals surface area contributed by atoms with Gasteiger partial charge in [-0.2, -0.15) is 10.2 Å². The third-order valence-electron chi connectivity index (χ3n) is 3.53. The summed E-state index contributed by atoms with van der Waals surface area (Å²) in [4.78, 5) is 16.1. The van der Waals surface area contributed by atoms with Crippen molar-refractivity contribution in [1.29, 1.82) is 0 Å². The van der Waals surface area contributed by atoms with Crippen LogP contribution in [0.5, 0.6) is 0 Å². The highest BCUT2D eigenvalue weighted by Gasteiger charge is 2.39. The number of amides is 1. The van der Waals surface area contributed by atoms with Crippen LogP contribution in [0, 0.1) is 12.3 Å². The second-order valence-corrected chi connectivity index (χ2v) is 5.17. The van der Waals surface area contributed by atoms with E-state index in [1.54, 1.807) is 23.0 Å². The molecule has 23 heavy (non-hydrogen) atoms. The molecule has 0 bridgehead atoms. The lowest BCUT2D eigenvalue weighted by atomic mass is 10.0. The Balaban J connectivity index is 1.57. The normalized spacial score (nSPS) is 14.2. The van der Waals surface area contributed by atoms with Crippen LogP contribution in [0.15, 0.2) is 41.1 Å². The van der Waals surface area contributed by atoms with Crippen LogP contribution in [0.2, 0.25) is 0 Å². The number of hydrogen-bond acceptors (Lipinski definition) is 6. The lowest BCUT2D eigenvalue weighted by molar-refractivity contribution is -0.116. The van der Waals surface area contributed by atoms with E-state index in [-0.39, 0.29) is 12.3 Å². The molecule has 1 N–H and O–H groups in total. The number of terminal acetylenes is 1. The number of carbonyl (C=O) groups is 1. The summed E-state index contributed by atoms with van der Waals surface area (Å²) in [6, 6.07) is 3.65. The number of carbonyl (C=O) groups excluding carboxylic acids is 1. The number of nitrogens with one attached hydrogen (secondary N) is 1. The molecule has 0 atom stereocenters. The van der Waals surface area contributed by atoms with Gasteiger partial charge in [-0.3, -0.25) is 19.7 Å². The van der Waals surface area contributed by atoms with Crippen molar-refractivity contribution in [1.82, 2.24) is 19.7 Å². The van der Waals surface area contributed by atoms with Gasteiger partial charge >= 0.3 is 0 Å². The lowest BCUT2D eigenvalue weighted by Crippen LogP contribution is -2.19. The van der Waals surface area contributed by atoms with E-state index < -0.39 is 5.66 Å². The number of pyridine rings is 1. The van der Waals surface area contributed by atoms with Gasteiger partial charge in [0.15, 0.2) is 5.66 Å². The Kier molecular flexibility index (Phi) is 4.10. The highest BCUT2D eigenvalue weighted by atomic mass is 16.1. The van der Waals surface area contributed by atoms with Crippen molar-refractivity contribution in [3.63, 3.8) is 0 Å². The monoisotopic (exact) mass is 309 g/mol. The average Bonchev–Trinajstić information content (AvgIpc) is 3.21. The third kappa shape index (κ3) is 3.58. The first kappa shape index (κ1) is 14.8. The molecule has 0 fully saturated rings. The molecule has 1 aliphatic rings. The summed E-state index contributed by atoms with van der Waals surface area (Å²) in [5, 5.41) is 18.5. The molecule has 2 aromatic heterocycles. The maximum absolute atomic E-state index is 12.1. The molecule has 3 rings (SSSR count). The molecular weight excluding hydrogens is 294 g/mol. The molecule has 0 radical (unpaired) electrons. The summed E-state index contributed by atoms with van der Waals surface area (Å²) in [6.45, 7) is 0. The first-order chi connectivity index (χ1) is 11.2. The lowest BCUT2D eigenvalue weighted by Gasteiger charge is -2.09. The Labute approximate surface area is 133 Å². The van der Waals surface area contributed by atoms with Crippen LogP contribution in [0.4, 0.5) is 5.95 Å². The Hall–Kier alpha value is -3.08. The van der Waals surface area contributed by atoms with Crippen LogP contribution in [0.1, 0.15) is 25.7 Å². The predicted octanol–water partition coefficient (Wildman–Crippen LogP) is 1.96. The molecule has 3 heterocycles. The Morgan fingerprint density at radius 3 is 2.96 bits per heavy atom. The molecule has 8 heteroatoms. The van der Waals surface area contributed by atoms with Gasteiger partial charge in [-0.1, -0.05) is 0 Å². The van der Waals surface area contributed by atoms with Crippen LogP contribution < -0.4 is 5.32 Å². The molecule has 1 aliphatic heterocycles. The van der Waals surface area contributed by atoms with E-state index in [1.165, 1.54) is 6.33 Å². The van der Waals surface area contributed by atoms with Crippen molar-refractivity contribution in [3.8, 4) is 18.0 Å². The number of anilines is 1. The van der Waals surface area contributed by atoms with Crippen molar-refractivity contribution in [2.75, 3.05) is 5.32 Å². The fourth-order valence-corrected chi connectivity index (χ4v) is 2.17. The maximum atomic E-state index is 12.1. The van der Waals surface area contributed by atoms with Gasteiger partial charge in [0.25, 0.3) is 0 Å². The summed E-state index contributed by atoms with van der Waals surface area (Å²) < 4.78 is 1.66. The zero-order valence-corrected chi connectivity index (χ0v) is 12.4. The minimum absolute atomic E-state index is 0.166. The summed E-state index contributed by atoms with van der Waals surface area (Å²) in [5.74, 6) is 2.75. The largest absolute Gasteiger partial charge is 0.294 e. The average molecular weight is 309 g/mol. The Morgan fingerprint density at radius 1 is 1.39 bits per heavy atom. The molecule has 8 nitrogen and oxygen atoms in total. The van der Waals surface area contributed by atoms with Crippen LogP contribution in [-0.4, -0.2) is 31.3 Å². The van der Waals surface area contributed by atoms with Crippen molar-refractivity contribution in [2.24, 2.45) is 10.2 Å². The van der Waals surface area contributed by atoms with E-state index in [0.717, 1.165) is 5.69 Å². The minimum Gasteiger partial charge on any atom is -0.294 e. The van der Waals surface area contributed by atoms with Gasteiger partial charge in [0.05, 0.1) is 11.9 Å². The fraction of sp³-hybridized carbons (Fsp3) is 0.333. The highest BCUT2D eigenvalue weighted by Crippen LogP contribution is 2.37. The summed E-state index contributed by atoms with van der Waals surface area (Å²) in [7, 11) is 0. The van der Waals surface area contributed by atoms with Gasteiger partial charge in [0, 0.05) is 31.9 Å². The molecule has 0 saturated heterocycles. The van der Waals surface area contributed by atoms with Crippen LogP contribution in [-0.2, 0) is 4.79 Å². The van der Waals surface area contributed by atoms with Crippen molar-refractivity contribution in [3.05, 3.63) is 30.9 Å². The van der Waals surface area contributed by atoms with Gasteiger partial charge in [0.1, 0.15) is 6.33 Å². The third-order valence-corrected chi connectivity index (χ3v) is 3.53. The minimum atomic E-state index is -0.458. The SMILES string of the molecule is C#CCCC1(CCC(=O)Nc2nncn2-c2cccnc2)N=N1. The predicted molar refractivity (Wildman–Crippen MR) is 82.7 cm³/mol. The molecule has 0 saturated carbocycles. The first-order valence-electron chi connectivity index (χ1n) is 7.20. The Bertz CT molecular complexity index is 754. The molecule has 0 aromatic carbocycles. The zero-order valence-electron chi connectivity index (χ0n) is 12.4. The zero-order chi connectivity index (χ0) is 16.1. The molecule has 0 unspecified atom stereocenters. The molecule has 116 valence electrons. The summed E-state index contributed by atoms with van der Waals surface area (Å²) in [6.07, 6.45) is 12.2. The standard InChI is InChI=1S/C15H15N7O/c1-2-3-7-15(20-21-15)8-6-13(23)18-14-19-17-11-22(14)12-5-4-9-16-10-12/h1,4-5,9-11H,3,6-8H2,(H,18,19,23). The number of hydrogen-bond donors (Lipinski definition) is 1. The van der Waals surface area contributed by atoms with Crippen molar-refractivity contribution >= 4 is 11.9 Å². The van der Waals surface area contributed by atoms with E-state index in [9.17, 15) is 4.79 Å². The van der Waals surface area contributed by atoms with Gasteiger partial charge in [-0.05, 0) is 12.1 Å². The summed E-state index contributed by atoms with van der Waals surface area (Å²) in [5.41, 5.74) is 0.311. The van der Waals surface area contributed by atoms with E-state index in [1.807, 2.05) is 6.07 Å². The van der Waals surface area contributed by atoms with E-state index >= 15 is 0 Å². The van der Waals surface area contributed by atoms with Crippen LogP contribution in [0.3, 0.4) is 0 Å². The van der Waals surface area contributed by atoms with Crippen LogP contribution in [0.25, 0.3) is 5.69 Å². The van der Waals surface area contributed by atoms with Gasteiger partial charge in [0.2, 0.25) is 11.9 Å². The highest BCUT2D eigenvalue weighted by molar-refractivity contribution is 5.89. The molecule has 0 aliphatic carbocycles. The molecule has 1 amide bonds. The van der Waals surface area contributed by atoms with Gasteiger partial charge in [-0.25, -0.2) is 0 Å². The fourth-order valence-electron chi connectivity index (χ4n) is 2.17. The topological polar surface area (TPSA) is 97.4 Å². The number of nitrogens with zero attached hydrogens (tertiary/aromatic N) is 6. The van der Waals surface area contributed by atoms with E-state index in [2.05, 4.69) is 36.6 Å². The van der Waals surface area contributed by atoms with Crippen molar-refractivity contribution < 1.29 is 4.79 Å². The second kappa shape index (κ2) is 6.36. The van der Waals surface area contributed by atoms with Gasteiger partial charge in [-0.15, -0.1) is 22.5 Å². The van der Waals surface area contributed by atoms with Gasteiger partial charge < -0.3 is 0 Å². The molecule has 2 aromatic rings. The number of rotatable bonds is 7. The smallest absolute Gasteiger partial charge is 0.235 e. The summed E-state index contributed by atoms with van der Waals surface area (Å²) >= 11 is 0. The van der Waals surface area contributed by atoms with E-state index in [0.29, 0.717) is 25.2 Å². The molecule has 0 spiro atoms. The van der Waals surface area contributed by atoms with E-state index in [4.69, 9.17) is 6.42 Å². The Morgan fingerprint density at radius 2 is 2.26 bits per heavy atom. The second-order valence-electron chi connectivity index (χ2n) is 5.17. The van der Waals surface area contributed by atoms with Crippen molar-refractivity contribution in [2.45, 2.75) is 31.3 Å². The first-order valence-corrected chi connectivity index (χ1v) is 7.20. The van der Waals surface area contributed by atoms with Crippen LogP contribution >= 0.6 is 0 Å². The number of aromatic nitrogens is 4. The maximum Gasteiger partial charge on any atom is 0.235 e. The quantitative estimate of drug-likeness (QED) is 0.790. The molecular formula is C15H15N7O.